The minimum absolute atomic E-state index is 0.00746. The fourth-order valence-electron chi connectivity index (χ4n) is 2.77. The molecule has 0 spiro atoms. The number of hydrogen-bond acceptors (Lipinski definition) is 6. The molecule has 2 aromatic heterocycles. The molecule has 3 rings (SSSR count). The van der Waals surface area contributed by atoms with Crippen LogP contribution in [0.2, 0.25) is 0 Å². The van der Waals surface area contributed by atoms with Crippen molar-refractivity contribution in [2.24, 2.45) is 5.14 Å². The van der Waals surface area contributed by atoms with E-state index in [1.807, 2.05) is 0 Å². The number of nitrogens with two attached hydrogens (primary N) is 1. The molecule has 0 saturated heterocycles. The number of alkyl halides is 2. The summed E-state index contributed by atoms with van der Waals surface area (Å²) >= 11 is 3.33. The lowest BCUT2D eigenvalue weighted by Gasteiger charge is -2.13. The van der Waals surface area contributed by atoms with Crippen molar-refractivity contribution in [3.05, 3.63) is 34.4 Å². The van der Waals surface area contributed by atoms with E-state index >= 15 is 0 Å². The number of halogens is 3. The highest BCUT2D eigenvalue weighted by Crippen LogP contribution is 2.32. The van der Waals surface area contributed by atoms with E-state index in [0.717, 1.165) is 0 Å². The second-order valence-electron chi connectivity index (χ2n) is 5.69. The molecule has 12 heteroatoms. The lowest BCUT2D eigenvalue weighted by atomic mass is 10.2. The van der Waals surface area contributed by atoms with Crippen molar-refractivity contribution in [1.29, 1.82) is 0 Å². The number of primary sulfonamides is 1. The monoisotopic (exact) mass is 476 g/mol. The lowest BCUT2D eigenvalue weighted by molar-refractivity contribution is 0.146. The molecule has 0 saturated carbocycles. The van der Waals surface area contributed by atoms with E-state index in [0.29, 0.717) is 15.4 Å². The highest BCUT2D eigenvalue weighted by Gasteiger charge is 2.24. The van der Waals surface area contributed by atoms with Gasteiger partial charge in [0.1, 0.15) is 4.90 Å². The first kappa shape index (κ1) is 20.4. The van der Waals surface area contributed by atoms with Crippen molar-refractivity contribution < 1.29 is 26.7 Å². The van der Waals surface area contributed by atoms with Crippen LogP contribution in [0.15, 0.2) is 33.8 Å². The summed E-state index contributed by atoms with van der Waals surface area (Å²) in [6, 6.07) is 4.89. The maximum absolute atomic E-state index is 12.9. The molecule has 0 radical (unpaired) electrons. The molecular formula is C16H15BrF2N4O4S. The third-order valence-corrected chi connectivity index (χ3v) is 5.35. The normalized spacial score (nSPS) is 12.0. The predicted molar refractivity (Wildman–Crippen MR) is 101 cm³/mol. The number of benzene rings is 1. The van der Waals surface area contributed by atoms with Crippen molar-refractivity contribution in [1.82, 2.24) is 14.5 Å². The molecule has 28 heavy (non-hydrogen) atoms. The summed E-state index contributed by atoms with van der Waals surface area (Å²) in [6.45, 7) is 0. The van der Waals surface area contributed by atoms with E-state index in [1.54, 1.807) is 18.2 Å². The van der Waals surface area contributed by atoms with E-state index in [9.17, 15) is 17.2 Å². The molecule has 3 aromatic rings. The van der Waals surface area contributed by atoms with E-state index in [1.165, 1.54) is 25.0 Å². The Labute approximate surface area is 167 Å². The molecule has 2 N–H and O–H groups in total. The minimum Gasteiger partial charge on any atom is -0.481 e. The van der Waals surface area contributed by atoms with Crippen LogP contribution in [0.1, 0.15) is 5.56 Å². The van der Waals surface area contributed by atoms with Gasteiger partial charge in [0, 0.05) is 22.5 Å². The van der Waals surface area contributed by atoms with Gasteiger partial charge in [-0.2, -0.15) is 9.97 Å². The van der Waals surface area contributed by atoms with E-state index in [2.05, 4.69) is 25.9 Å². The second-order valence-corrected chi connectivity index (χ2v) is 8.13. The number of hydrogen-bond donors (Lipinski definition) is 1. The van der Waals surface area contributed by atoms with Crippen molar-refractivity contribution >= 4 is 36.9 Å². The second kappa shape index (κ2) is 7.60. The highest BCUT2D eigenvalue weighted by atomic mass is 79.9. The summed E-state index contributed by atoms with van der Waals surface area (Å²) in [5.74, 6) is -0.225. The Bertz CT molecular complexity index is 1130. The molecule has 0 amide bonds. The lowest BCUT2D eigenvalue weighted by Crippen LogP contribution is -2.12. The van der Waals surface area contributed by atoms with Gasteiger partial charge < -0.3 is 9.47 Å². The average molecular weight is 477 g/mol. The molecule has 0 aliphatic carbocycles. The van der Waals surface area contributed by atoms with Gasteiger partial charge in [-0.25, -0.2) is 22.3 Å². The van der Waals surface area contributed by atoms with Crippen molar-refractivity contribution in [2.75, 3.05) is 14.2 Å². The van der Waals surface area contributed by atoms with Crippen LogP contribution in [-0.4, -0.2) is 43.6 Å². The fraction of sp³-hybridized carbons (Fsp3) is 0.250. The van der Waals surface area contributed by atoms with Gasteiger partial charge in [-0.05, 0) is 12.1 Å². The number of methoxy groups -OCH3 is 2. The predicted octanol–water partition coefficient (Wildman–Crippen LogP) is 2.66. The van der Waals surface area contributed by atoms with Gasteiger partial charge in [0.05, 0.1) is 25.3 Å². The van der Waals surface area contributed by atoms with Crippen molar-refractivity contribution in [2.45, 2.75) is 17.7 Å². The topological polar surface area (TPSA) is 109 Å². The molecule has 2 heterocycles. The summed E-state index contributed by atoms with van der Waals surface area (Å²) in [5.41, 5.74) is 0.442. The van der Waals surface area contributed by atoms with Crippen LogP contribution in [0.4, 0.5) is 8.78 Å². The zero-order valence-electron chi connectivity index (χ0n) is 14.7. The van der Waals surface area contributed by atoms with Gasteiger partial charge >= 0.3 is 0 Å². The van der Waals surface area contributed by atoms with Gasteiger partial charge in [0.15, 0.2) is 0 Å². The first-order valence-electron chi connectivity index (χ1n) is 7.76. The van der Waals surface area contributed by atoms with Crippen LogP contribution in [0, 0.1) is 0 Å². The Morgan fingerprint density at radius 3 is 2.32 bits per heavy atom. The zero-order valence-corrected chi connectivity index (χ0v) is 17.1. The largest absolute Gasteiger partial charge is 0.481 e. The third-order valence-electron chi connectivity index (χ3n) is 3.92. The van der Waals surface area contributed by atoms with Gasteiger partial charge in [0.2, 0.25) is 34.2 Å². The van der Waals surface area contributed by atoms with Gasteiger partial charge in [-0.15, -0.1) is 0 Å². The summed E-state index contributed by atoms with van der Waals surface area (Å²) < 4.78 is 62.1. The number of ether oxygens (including phenoxy) is 2. The standard InChI is InChI=1S/C16H15BrF2N4O4S/c1-26-14-10(6-13(18)19)15(27-2)22-16(21-14)23-7-12(28(20,24)25)9-4-3-8(17)5-11(9)23/h3-5,7,13H,6H2,1-2H3,(H2,20,24,25). The smallest absolute Gasteiger partial charge is 0.243 e. The summed E-state index contributed by atoms with van der Waals surface area (Å²) in [4.78, 5) is 8.20. The van der Waals surface area contributed by atoms with Crippen LogP contribution in [0.25, 0.3) is 16.9 Å². The van der Waals surface area contributed by atoms with Crippen LogP contribution in [-0.2, 0) is 16.4 Å². The number of aromatic nitrogens is 3. The Kier molecular flexibility index (Phi) is 5.55. The van der Waals surface area contributed by atoms with Crippen molar-refractivity contribution in [3.8, 4) is 17.7 Å². The van der Waals surface area contributed by atoms with E-state index < -0.39 is 22.9 Å². The SMILES string of the molecule is COc1nc(-n2cc(S(N)(=O)=O)c3ccc(Br)cc32)nc(OC)c1CC(F)F. The van der Waals surface area contributed by atoms with Gasteiger partial charge in [-0.3, -0.25) is 4.57 Å². The first-order chi connectivity index (χ1) is 13.2. The maximum atomic E-state index is 12.9. The van der Waals surface area contributed by atoms with Crippen LogP contribution in [0.5, 0.6) is 11.8 Å². The van der Waals surface area contributed by atoms with Gasteiger partial charge in [0.25, 0.3) is 0 Å². The molecule has 8 nitrogen and oxygen atoms in total. The third kappa shape index (κ3) is 3.80. The highest BCUT2D eigenvalue weighted by molar-refractivity contribution is 9.10. The molecule has 0 aliphatic heterocycles. The molecule has 0 fully saturated rings. The Morgan fingerprint density at radius 2 is 1.82 bits per heavy atom. The van der Waals surface area contributed by atoms with E-state index in [4.69, 9.17) is 14.6 Å². The molecule has 0 atom stereocenters. The summed E-state index contributed by atoms with van der Waals surface area (Å²) in [6.07, 6.45) is -2.06. The number of fused-ring (bicyclic) bond motifs is 1. The molecular weight excluding hydrogens is 462 g/mol. The number of sulfonamides is 1. The number of rotatable bonds is 6. The van der Waals surface area contributed by atoms with Crippen LogP contribution >= 0.6 is 15.9 Å². The Balaban J connectivity index is 2.32. The van der Waals surface area contributed by atoms with E-state index in [-0.39, 0.29) is 28.2 Å². The minimum atomic E-state index is -4.04. The summed E-state index contributed by atoms with van der Waals surface area (Å²) in [7, 11) is -1.48. The maximum Gasteiger partial charge on any atom is 0.243 e. The molecule has 0 bridgehead atoms. The first-order valence-corrected chi connectivity index (χ1v) is 10.1. The van der Waals surface area contributed by atoms with Crippen molar-refractivity contribution in [3.63, 3.8) is 0 Å². The molecule has 0 aliphatic rings. The Morgan fingerprint density at radius 1 is 1.21 bits per heavy atom. The number of nitrogens with zero attached hydrogens (tertiary/aromatic N) is 3. The molecule has 150 valence electrons. The van der Waals surface area contributed by atoms with Gasteiger partial charge in [-0.1, -0.05) is 22.0 Å². The van der Waals surface area contributed by atoms with Crippen LogP contribution < -0.4 is 14.6 Å². The Hall–Kier alpha value is -2.31. The van der Waals surface area contributed by atoms with Crippen LogP contribution in [0.3, 0.4) is 0 Å². The summed E-state index contributed by atoms with van der Waals surface area (Å²) in [5, 5.41) is 5.67. The average Bonchev–Trinajstić information content (AvgIpc) is 3.00. The quantitative estimate of drug-likeness (QED) is 0.585. The molecule has 0 unspecified atom stereocenters. The fourth-order valence-corrected chi connectivity index (χ4v) is 3.85. The molecule has 1 aromatic carbocycles. The zero-order chi connectivity index (χ0) is 20.6.